The van der Waals surface area contributed by atoms with Crippen LogP contribution in [-0.2, 0) is 9.53 Å². The van der Waals surface area contributed by atoms with Crippen LogP contribution < -0.4 is 0 Å². The number of rotatable bonds is 6. The third-order valence-corrected chi connectivity index (χ3v) is 5.18. The Labute approximate surface area is 156 Å². The smallest absolute Gasteiger partial charge is 0.316 e. The van der Waals surface area contributed by atoms with Crippen molar-refractivity contribution in [1.82, 2.24) is 0 Å². The first-order chi connectivity index (χ1) is 11.0. The molecule has 0 aromatic heterocycles. The van der Waals surface area contributed by atoms with Gasteiger partial charge in [-0.2, -0.15) is 0 Å². The van der Waals surface area contributed by atoms with Gasteiger partial charge >= 0.3 is 5.97 Å². The van der Waals surface area contributed by atoms with E-state index in [1.165, 1.54) is 11.8 Å². The molecule has 0 aliphatic heterocycles. The monoisotopic (exact) mass is 456 g/mol. The number of hydrogen-bond donors (Lipinski definition) is 0. The third-order valence-electron chi connectivity index (χ3n) is 3.01. The molecule has 0 spiro atoms. The van der Waals surface area contributed by atoms with Crippen LogP contribution in [0.3, 0.4) is 0 Å². The molecular weight excluding hydrogens is 444 g/mol. The molecule has 0 saturated carbocycles. The molecule has 2 aromatic rings. The van der Waals surface area contributed by atoms with Crippen molar-refractivity contribution in [3.8, 4) is 0 Å². The lowest BCUT2D eigenvalue weighted by Gasteiger charge is -2.07. The van der Waals surface area contributed by atoms with Crippen LogP contribution >= 0.6 is 43.6 Å². The molecule has 0 N–H and O–H groups in total. The number of carbonyl (C=O) groups excluding carboxylic acids is 2. The summed E-state index contributed by atoms with van der Waals surface area (Å²) in [6, 6.07) is 12.8. The number of aryl methyl sites for hydroxylation is 1. The number of esters is 1. The summed E-state index contributed by atoms with van der Waals surface area (Å²) in [6.07, 6.45) is 0. The van der Waals surface area contributed by atoms with Gasteiger partial charge in [0.2, 0.25) is 0 Å². The lowest BCUT2D eigenvalue weighted by atomic mass is 10.1. The maximum absolute atomic E-state index is 11.9. The Morgan fingerprint density at radius 2 is 1.70 bits per heavy atom. The first-order valence-corrected chi connectivity index (χ1v) is 9.36. The zero-order chi connectivity index (χ0) is 16.8. The summed E-state index contributed by atoms with van der Waals surface area (Å²) in [4.78, 5) is 24.7. The van der Waals surface area contributed by atoms with Gasteiger partial charge in [-0.25, -0.2) is 0 Å². The highest BCUT2D eigenvalue weighted by molar-refractivity contribution is 9.10. The summed E-state index contributed by atoms with van der Waals surface area (Å²) in [7, 11) is 0. The largest absolute Gasteiger partial charge is 0.457 e. The van der Waals surface area contributed by atoms with Crippen molar-refractivity contribution in [2.45, 2.75) is 11.8 Å². The van der Waals surface area contributed by atoms with Gasteiger partial charge in [0.25, 0.3) is 0 Å². The number of Topliss-reactive ketones (excluding diaryl/α,β-unsaturated/α-hetero) is 1. The standard InChI is InChI=1S/C17H14Br2O3S/c1-11-8-14(19)6-7-16(11)23-10-17(21)22-9-15(20)12-2-4-13(18)5-3-12/h2-8H,9-10H2,1H3. The Bertz CT molecular complexity index is 714. The first-order valence-electron chi connectivity index (χ1n) is 6.79. The fraction of sp³-hybridized carbons (Fsp3) is 0.176. The molecule has 0 amide bonds. The number of hydrogen-bond acceptors (Lipinski definition) is 4. The Morgan fingerprint density at radius 3 is 2.35 bits per heavy atom. The predicted molar refractivity (Wildman–Crippen MR) is 99.0 cm³/mol. The van der Waals surface area contributed by atoms with Crippen molar-refractivity contribution in [3.05, 3.63) is 62.5 Å². The van der Waals surface area contributed by atoms with E-state index in [0.717, 1.165) is 19.4 Å². The molecule has 120 valence electrons. The van der Waals surface area contributed by atoms with Gasteiger partial charge in [0.1, 0.15) is 0 Å². The number of carbonyl (C=O) groups is 2. The van der Waals surface area contributed by atoms with Gasteiger partial charge in [-0.15, -0.1) is 11.8 Å². The minimum Gasteiger partial charge on any atom is -0.457 e. The third kappa shape index (κ3) is 5.79. The van der Waals surface area contributed by atoms with Gasteiger partial charge in [0, 0.05) is 19.4 Å². The van der Waals surface area contributed by atoms with Crippen LogP contribution in [-0.4, -0.2) is 24.1 Å². The Morgan fingerprint density at radius 1 is 1.04 bits per heavy atom. The summed E-state index contributed by atoms with van der Waals surface area (Å²) in [5.74, 6) is -0.436. The molecule has 0 unspecified atom stereocenters. The predicted octanol–water partition coefficient (Wildman–Crippen LogP) is 5.04. The average Bonchev–Trinajstić information content (AvgIpc) is 2.52. The van der Waals surface area contributed by atoms with Gasteiger partial charge in [-0.3, -0.25) is 9.59 Å². The van der Waals surface area contributed by atoms with Crippen LogP contribution in [0.15, 0.2) is 56.3 Å². The zero-order valence-electron chi connectivity index (χ0n) is 12.3. The van der Waals surface area contributed by atoms with Crippen LogP contribution in [0.2, 0.25) is 0 Å². The maximum Gasteiger partial charge on any atom is 0.316 e. The molecular formula is C17H14Br2O3S. The van der Waals surface area contributed by atoms with Crippen molar-refractivity contribution >= 4 is 55.4 Å². The molecule has 0 atom stereocenters. The van der Waals surface area contributed by atoms with Crippen molar-refractivity contribution in [2.24, 2.45) is 0 Å². The minimum absolute atomic E-state index is 0.177. The molecule has 0 fully saturated rings. The highest BCUT2D eigenvalue weighted by Gasteiger charge is 2.11. The van der Waals surface area contributed by atoms with Crippen LogP contribution in [0.4, 0.5) is 0 Å². The Hall–Kier alpha value is -1.11. The van der Waals surface area contributed by atoms with Crippen molar-refractivity contribution < 1.29 is 14.3 Å². The Kier molecular flexibility index (Phi) is 6.87. The van der Waals surface area contributed by atoms with Gasteiger partial charge < -0.3 is 4.74 Å². The van der Waals surface area contributed by atoms with E-state index in [1.807, 2.05) is 25.1 Å². The van der Waals surface area contributed by atoms with Crippen molar-refractivity contribution in [1.29, 1.82) is 0 Å². The summed E-state index contributed by atoms with van der Waals surface area (Å²) in [5, 5.41) is 0. The quantitative estimate of drug-likeness (QED) is 0.346. The van der Waals surface area contributed by atoms with Crippen molar-refractivity contribution in [2.75, 3.05) is 12.4 Å². The fourth-order valence-corrected chi connectivity index (χ4v) is 3.37. The SMILES string of the molecule is Cc1cc(Br)ccc1SCC(=O)OCC(=O)c1ccc(Br)cc1. The van der Waals surface area contributed by atoms with Crippen LogP contribution in [0.25, 0.3) is 0 Å². The normalized spacial score (nSPS) is 10.4. The molecule has 6 heteroatoms. The fourth-order valence-electron chi connectivity index (χ4n) is 1.82. The van der Waals surface area contributed by atoms with Crippen molar-refractivity contribution in [3.63, 3.8) is 0 Å². The lowest BCUT2D eigenvalue weighted by Crippen LogP contribution is -2.15. The van der Waals surface area contributed by atoms with Gasteiger partial charge in [-0.05, 0) is 42.8 Å². The molecule has 2 aromatic carbocycles. The molecule has 0 saturated heterocycles. The summed E-state index contributed by atoms with van der Waals surface area (Å²) in [5.41, 5.74) is 1.61. The molecule has 0 heterocycles. The number of thioether (sulfide) groups is 1. The number of benzene rings is 2. The van der Waals surface area contributed by atoms with E-state index in [4.69, 9.17) is 4.74 Å². The highest BCUT2D eigenvalue weighted by atomic mass is 79.9. The average molecular weight is 458 g/mol. The van der Waals surface area contributed by atoms with E-state index < -0.39 is 5.97 Å². The molecule has 0 radical (unpaired) electrons. The highest BCUT2D eigenvalue weighted by Crippen LogP contribution is 2.25. The Balaban J connectivity index is 1.81. The molecule has 0 bridgehead atoms. The second kappa shape index (κ2) is 8.66. The van der Waals surface area contributed by atoms with E-state index in [1.54, 1.807) is 24.3 Å². The second-order valence-electron chi connectivity index (χ2n) is 4.79. The van der Waals surface area contributed by atoms with Gasteiger partial charge in [-0.1, -0.05) is 44.0 Å². The molecule has 0 aliphatic rings. The van der Waals surface area contributed by atoms with E-state index in [-0.39, 0.29) is 18.1 Å². The van der Waals surface area contributed by atoms with E-state index in [9.17, 15) is 9.59 Å². The molecule has 0 aliphatic carbocycles. The first kappa shape index (κ1) is 18.2. The number of ketones is 1. The van der Waals surface area contributed by atoms with E-state index in [2.05, 4.69) is 31.9 Å². The second-order valence-corrected chi connectivity index (χ2v) is 7.64. The number of ether oxygens (including phenoxy) is 1. The lowest BCUT2D eigenvalue weighted by molar-refractivity contribution is -0.139. The van der Waals surface area contributed by atoms with E-state index in [0.29, 0.717) is 5.56 Å². The summed E-state index contributed by atoms with van der Waals surface area (Å²) >= 11 is 8.11. The zero-order valence-corrected chi connectivity index (χ0v) is 16.3. The minimum atomic E-state index is -0.400. The summed E-state index contributed by atoms with van der Waals surface area (Å²) in [6.45, 7) is 1.75. The topological polar surface area (TPSA) is 43.4 Å². The number of halogens is 2. The van der Waals surface area contributed by atoms with Gasteiger partial charge in [0.15, 0.2) is 12.4 Å². The molecule has 3 nitrogen and oxygen atoms in total. The molecule has 2 rings (SSSR count). The van der Waals surface area contributed by atoms with Crippen LogP contribution in [0, 0.1) is 6.92 Å². The summed E-state index contributed by atoms with van der Waals surface area (Å²) < 4.78 is 6.94. The van der Waals surface area contributed by atoms with E-state index >= 15 is 0 Å². The van der Waals surface area contributed by atoms with Crippen LogP contribution in [0.1, 0.15) is 15.9 Å². The van der Waals surface area contributed by atoms with Crippen LogP contribution in [0.5, 0.6) is 0 Å². The van der Waals surface area contributed by atoms with Gasteiger partial charge in [0.05, 0.1) is 5.75 Å². The molecule has 23 heavy (non-hydrogen) atoms. The maximum atomic E-state index is 11.9.